The first-order chi connectivity index (χ1) is 16.5. The van der Waals surface area contributed by atoms with Crippen LogP contribution in [0.4, 0.5) is 5.69 Å². The van der Waals surface area contributed by atoms with E-state index in [1.54, 1.807) is 18.2 Å². The predicted molar refractivity (Wildman–Crippen MR) is 132 cm³/mol. The molecule has 9 heteroatoms. The van der Waals surface area contributed by atoms with Gasteiger partial charge in [-0.05, 0) is 35.9 Å². The zero-order valence-corrected chi connectivity index (χ0v) is 19.6. The van der Waals surface area contributed by atoms with Crippen LogP contribution in [0.3, 0.4) is 0 Å². The summed E-state index contributed by atoms with van der Waals surface area (Å²) in [5.41, 5.74) is 3.32. The molecule has 0 aliphatic rings. The molecule has 1 amide bonds. The van der Waals surface area contributed by atoms with Crippen LogP contribution in [0.1, 0.15) is 16.1 Å². The van der Waals surface area contributed by atoms with Crippen molar-refractivity contribution in [2.75, 3.05) is 5.32 Å². The van der Waals surface area contributed by atoms with Gasteiger partial charge in [-0.1, -0.05) is 63.6 Å². The zero-order valence-electron chi connectivity index (χ0n) is 18.0. The van der Waals surface area contributed by atoms with Gasteiger partial charge < -0.3 is 14.6 Å². The first-order valence-electron chi connectivity index (χ1n) is 10.4. The van der Waals surface area contributed by atoms with Crippen LogP contribution >= 0.6 is 15.9 Å². The smallest absolute Gasteiger partial charge is 0.439 e. The third-order valence-electron chi connectivity index (χ3n) is 5.41. The van der Waals surface area contributed by atoms with E-state index in [0.29, 0.717) is 29.3 Å². The van der Waals surface area contributed by atoms with Crippen molar-refractivity contribution in [3.63, 3.8) is 0 Å². The molecular weight excluding hydrogens is 500 g/mol. The predicted octanol–water partition coefficient (Wildman–Crippen LogP) is 5.12. The molecule has 170 valence electrons. The fraction of sp³-hybridized carbons (Fsp3) is 0.0800. The summed E-state index contributed by atoms with van der Waals surface area (Å²) in [5.74, 6) is -0.0891. The number of rotatable bonds is 6. The topological polar surface area (TPSA) is 102 Å². The fourth-order valence-corrected chi connectivity index (χ4v) is 4.16. The lowest BCUT2D eigenvalue weighted by Crippen LogP contribution is -2.16. The minimum atomic E-state index is -0.677. The average Bonchev–Trinajstić information content (AvgIpc) is 3.43. The summed E-state index contributed by atoms with van der Waals surface area (Å²) in [6.45, 7) is 0.421. The van der Waals surface area contributed by atoms with Gasteiger partial charge in [0.25, 0.3) is 5.91 Å². The van der Waals surface area contributed by atoms with Crippen LogP contribution in [0.2, 0.25) is 0 Å². The van der Waals surface area contributed by atoms with Gasteiger partial charge in [0.15, 0.2) is 5.82 Å². The molecule has 5 aromatic rings. The number of anilines is 1. The number of amides is 1. The maximum absolute atomic E-state index is 13.3. The second kappa shape index (κ2) is 9.03. The van der Waals surface area contributed by atoms with Gasteiger partial charge in [0.1, 0.15) is 18.1 Å². The van der Waals surface area contributed by atoms with Crippen molar-refractivity contribution >= 4 is 38.4 Å². The Labute approximate surface area is 202 Å². The number of aromatic amines is 1. The van der Waals surface area contributed by atoms with E-state index in [1.807, 2.05) is 66.2 Å². The van der Waals surface area contributed by atoms with Crippen molar-refractivity contribution < 1.29 is 14.1 Å². The summed E-state index contributed by atoms with van der Waals surface area (Å²) in [6, 6.07) is 22.7. The number of hydrogen-bond acceptors (Lipinski definition) is 5. The van der Waals surface area contributed by atoms with Gasteiger partial charge in [-0.25, -0.2) is 4.79 Å². The number of para-hydroxylation sites is 1. The molecule has 0 bridgehead atoms. The number of nitrogens with zero attached hydrogens (tertiary/aromatic N) is 2. The highest BCUT2D eigenvalue weighted by atomic mass is 79.9. The third-order valence-corrected chi connectivity index (χ3v) is 5.91. The molecule has 0 fully saturated rings. The molecule has 34 heavy (non-hydrogen) atoms. The van der Waals surface area contributed by atoms with E-state index in [0.717, 1.165) is 20.9 Å². The van der Waals surface area contributed by atoms with Crippen molar-refractivity contribution in [1.82, 2.24) is 14.7 Å². The van der Waals surface area contributed by atoms with Gasteiger partial charge >= 0.3 is 5.76 Å². The molecule has 0 aliphatic carbocycles. The van der Waals surface area contributed by atoms with Crippen molar-refractivity contribution in [3.05, 3.63) is 99.1 Å². The SMILES string of the molecule is Cn1c(C(=O)Nc2ccc(Br)cc2-c2noc(=O)[nH]2)cc2cccc(OCc3ccccc3)c21. The van der Waals surface area contributed by atoms with Gasteiger partial charge in [-0.15, -0.1) is 0 Å². The van der Waals surface area contributed by atoms with E-state index in [-0.39, 0.29) is 11.7 Å². The first kappa shape index (κ1) is 21.7. The number of benzene rings is 3. The van der Waals surface area contributed by atoms with Gasteiger partial charge in [0, 0.05) is 22.5 Å². The summed E-state index contributed by atoms with van der Waals surface area (Å²) >= 11 is 3.40. The Morgan fingerprint density at radius 2 is 1.94 bits per heavy atom. The monoisotopic (exact) mass is 518 g/mol. The molecule has 0 aliphatic heterocycles. The molecule has 0 saturated heterocycles. The van der Waals surface area contributed by atoms with Gasteiger partial charge in [0.2, 0.25) is 0 Å². The Balaban J connectivity index is 1.46. The van der Waals surface area contributed by atoms with Crippen molar-refractivity contribution in [3.8, 4) is 17.1 Å². The highest BCUT2D eigenvalue weighted by molar-refractivity contribution is 9.10. The number of nitrogens with one attached hydrogen (secondary N) is 2. The molecule has 0 unspecified atom stereocenters. The Morgan fingerprint density at radius 3 is 2.71 bits per heavy atom. The van der Waals surface area contributed by atoms with Crippen LogP contribution in [0.25, 0.3) is 22.3 Å². The lowest BCUT2D eigenvalue weighted by molar-refractivity contribution is 0.102. The van der Waals surface area contributed by atoms with Crippen LogP contribution in [0.5, 0.6) is 5.75 Å². The molecular formula is C25H19BrN4O4. The summed E-state index contributed by atoms with van der Waals surface area (Å²) in [7, 11) is 1.82. The highest BCUT2D eigenvalue weighted by Gasteiger charge is 2.19. The van der Waals surface area contributed by atoms with Crippen LogP contribution < -0.4 is 15.8 Å². The second-order valence-electron chi connectivity index (χ2n) is 7.64. The van der Waals surface area contributed by atoms with Gasteiger partial charge in [0.05, 0.1) is 11.2 Å². The van der Waals surface area contributed by atoms with Crippen molar-refractivity contribution in [2.24, 2.45) is 7.05 Å². The molecule has 0 atom stereocenters. The van der Waals surface area contributed by atoms with Crippen molar-refractivity contribution in [2.45, 2.75) is 6.61 Å². The van der Waals surface area contributed by atoms with Crippen molar-refractivity contribution in [1.29, 1.82) is 0 Å². The van der Waals surface area contributed by atoms with E-state index in [4.69, 9.17) is 4.74 Å². The molecule has 2 aromatic heterocycles. The first-order valence-corrected chi connectivity index (χ1v) is 11.2. The fourth-order valence-electron chi connectivity index (χ4n) is 3.80. The van der Waals surface area contributed by atoms with E-state index in [9.17, 15) is 9.59 Å². The molecule has 0 radical (unpaired) electrons. The summed E-state index contributed by atoms with van der Waals surface area (Å²) in [6.07, 6.45) is 0. The number of carbonyl (C=O) groups excluding carboxylic acids is 1. The van der Waals surface area contributed by atoms with Gasteiger partial charge in [-0.3, -0.25) is 14.3 Å². The number of halogens is 1. The average molecular weight is 519 g/mol. The normalized spacial score (nSPS) is 11.0. The Kier molecular flexibility index (Phi) is 5.77. The summed E-state index contributed by atoms with van der Waals surface area (Å²) < 4.78 is 13.3. The third kappa shape index (κ3) is 4.25. The zero-order chi connectivity index (χ0) is 23.7. The Bertz CT molecular complexity index is 1550. The van der Waals surface area contributed by atoms with Crippen LogP contribution in [-0.4, -0.2) is 20.6 Å². The second-order valence-corrected chi connectivity index (χ2v) is 8.56. The quantitative estimate of drug-likeness (QED) is 0.325. The molecule has 2 heterocycles. The largest absolute Gasteiger partial charge is 0.487 e. The minimum absolute atomic E-state index is 0.218. The van der Waals surface area contributed by atoms with Crippen LogP contribution in [0, 0.1) is 0 Å². The van der Waals surface area contributed by atoms with E-state index >= 15 is 0 Å². The number of fused-ring (bicyclic) bond motifs is 1. The minimum Gasteiger partial charge on any atom is -0.487 e. The standard InChI is InChI=1S/C25H19BrN4O4/c1-30-20(12-16-8-5-9-21(22(16)30)33-14-15-6-3-2-4-7-15)24(31)27-19-11-10-17(26)13-18(19)23-28-25(32)34-29-23/h2-13H,14H2,1H3,(H,27,31)(H,28,29,32). The van der Waals surface area contributed by atoms with E-state index in [1.165, 1.54) is 0 Å². The number of aryl methyl sites for hydroxylation is 1. The van der Waals surface area contributed by atoms with Crippen LogP contribution in [0.15, 0.2) is 86.6 Å². The number of carbonyl (C=O) groups is 1. The Hall–Kier alpha value is -4.11. The number of ether oxygens (including phenoxy) is 1. The number of H-pyrrole nitrogens is 1. The number of hydrogen-bond donors (Lipinski definition) is 2. The molecule has 2 N–H and O–H groups in total. The molecule has 3 aromatic carbocycles. The maximum Gasteiger partial charge on any atom is 0.439 e. The van der Waals surface area contributed by atoms with E-state index < -0.39 is 5.76 Å². The van der Waals surface area contributed by atoms with E-state index in [2.05, 4.69) is 35.9 Å². The Morgan fingerprint density at radius 1 is 1.12 bits per heavy atom. The lowest BCUT2D eigenvalue weighted by Gasteiger charge is -2.12. The number of aromatic nitrogens is 3. The molecule has 5 rings (SSSR count). The molecule has 0 saturated carbocycles. The van der Waals surface area contributed by atoms with Crippen LogP contribution in [-0.2, 0) is 13.7 Å². The maximum atomic E-state index is 13.3. The summed E-state index contributed by atoms with van der Waals surface area (Å²) in [5, 5.41) is 7.54. The molecule has 8 nitrogen and oxygen atoms in total. The molecule has 0 spiro atoms. The van der Waals surface area contributed by atoms with Gasteiger partial charge in [-0.2, -0.15) is 0 Å². The summed E-state index contributed by atoms with van der Waals surface area (Å²) in [4.78, 5) is 27.2. The lowest BCUT2D eigenvalue weighted by atomic mass is 10.1. The highest BCUT2D eigenvalue weighted by Crippen LogP contribution is 2.31.